The predicted octanol–water partition coefficient (Wildman–Crippen LogP) is 7.96. The average Bonchev–Trinajstić information content (AvgIpc) is 3.88. The lowest BCUT2D eigenvalue weighted by atomic mass is 10.1. The van der Waals surface area contributed by atoms with Gasteiger partial charge in [0.15, 0.2) is 5.00 Å². The Balaban J connectivity index is 1.36. The summed E-state index contributed by atoms with van der Waals surface area (Å²) in [6.45, 7) is 13.8. The van der Waals surface area contributed by atoms with Crippen molar-refractivity contribution in [1.29, 1.82) is 10.5 Å². The third-order valence-electron chi connectivity index (χ3n) is 7.77. The SMILES string of the molecule is CCN(CC(COCC(C)OC(=O)c1ccccc1C(=O)ON=C1CC1)COC(C)C)c1ccc(N=Nc2sc(C#N)c(C)c2C#N)c(C)c1. The molecule has 4 rings (SSSR count). The monoisotopic (exact) mass is 698 g/mol. The van der Waals surface area contributed by atoms with Crippen molar-refractivity contribution in [3.63, 3.8) is 0 Å². The van der Waals surface area contributed by atoms with Crippen LogP contribution in [0.5, 0.6) is 0 Å². The highest BCUT2D eigenvalue weighted by Crippen LogP contribution is 2.36. The Bertz CT molecular complexity index is 1820. The van der Waals surface area contributed by atoms with Crippen molar-refractivity contribution in [3.8, 4) is 12.1 Å². The highest BCUT2D eigenvalue weighted by atomic mass is 32.1. The molecule has 0 amide bonds. The summed E-state index contributed by atoms with van der Waals surface area (Å²) in [6, 6.07) is 16.5. The molecule has 0 bridgehead atoms. The second-order valence-corrected chi connectivity index (χ2v) is 13.3. The summed E-state index contributed by atoms with van der Waals surface area (Å²) in [6.07, 6.45) is 1.08. The van der Waals surface area contributed by atoms with Gasteiger partial charge in [-0.05, 0) is 95.8 Å². The number of esters is 1. The molecule has 1 saturated carbocycles. The van der Waals surface area contributed by atoms with E-state index in [-0.39, 0.29) is 29.8 Å². The van der Waals surface area contributed by atoms with E-state index in [1.165, 1.54) is 12.1 Å². The zero-order valence-electron chi connectivity index (χ0n) is 29.3. The van der Waals surface area contributed by atoms with Gasteiger partial charge >= 0.3 is 11.9 Å². The van der Waals surface area contributed by atoms with Crippen LogP contribution in [0.25, 0.3) is 0 Å². The Kier molecular flexibility index (Phi) is 13.8. The molecule has 1 aliphatic carbocycles. The molecule has 0 N–H and O–H groups in total. The van der Waals surface area contributed by atoms with Crippen molar-refractivity contribution in [1.82, 2.24) is 0 Å². The first-order chi connectivity index (χ1) is 24.0. The zero-order valence-corrected chi connectivity index (χ0v) is 30.1. The Morgan fingerprint density at radius 2 is 1.68 bits per heavy atom. The molecule has 2 aromatic carbocycles. The first-order valence-electron chi connectivity index (χ1n) is 16.5. The van der Waals surface area contributed by atoms with Crippen LogP contribution in [0.15, 0.2) is 57.8 Å². The van der Waals surface area contributed by atoms with Crippen LogP contribution >= 0.6 is 11.3 Å². The van der Waals surface area contributed by atoms with E-state index in [1.807, 2.05) is 39.0 Å². The van der Waals surface area contributed by atoms with Crippen LogP contribution in [0.3, 0.4) is 0 Å². The molecule has 1 aliphatic rings. The van der Waals surface area contributed by atoms with E-state index in [2.05, 4.69) is 39.3 Å². The van der Waals surface area contributed by atoms with Gasteiger partial charge < -0.3 is 23.9 Å². The van der Waals surface area contributed by atoms with E-state index in [9.17, 15) is 20.1 Å². The molecule has 0 radical (unpaired) electrons. The molecular weight excluding hydrogens is 657 g/mol. The molecule has 0 saturated heterocycles. The summed E-state index contributed by atoms with van der Waals surface area (Å²) >= 11 is 1.16. The Labute approximate surface area is 296 Å². The molecular formula is C37H42N6O6S. The zero-order chi connectivity index (χ0) is 36.2. The summed E-state index contributed by atoms with van der Waals surface area (Å²) in [5.41, 5.74) is 4.56. The minimum absolute atomic E-state index is 0.00399. The third-order valence-corrected chi connectivity index (χ3v) is 8.85. The van der Waals surface area contributed by atoms with Crippen LogP contribution in [-0.4, -0.2) is 62.8 Å². The van der Waals surface area contributed by atoms with Gasteiger partial charge in [0, 0.05) is 24.7 Å². The number of benzene rings is 2. The van der Waals surface area contributed by atoms with Gasteiger partial charge in [-0.25, -0.2) is 9.59 Å². The molecule has 2 unspecified atom stereocenters. The van der Waals surface area contributed by atoms with Crippen LogP contribution in [0, 0.1) is 42.4 Å². The topological polar surface area (TPSA) is 159 Å². The summed E-state index contributed by atoms with van der Waals surface area (Å²) in [5.74, 6) is -1.35. The van der Waals surface area contributed by atoms with Crippen molar-refractivity contribution in [2.24, 2.45) is 21.3 Å². The Morgan fingerprint density at radius 1 is 0.960 bits per heavy atom. The van der Waals surface area contributed by atoms with Crippen molar-refractivity contribution >= 4 is 45.4 Å². The van der Waals surface area contributed by atoms with Crippen LogP contribution < -0.4 is 4.90 Å². The predicted molar refractivity (Wildman–Crippen MR) is 191 cm³/mol. The largest absolute Gasteiger partial charge is 0.457 e. The van der Waals surface area contributed by atoms with Crippen molar-refractivity contribution < 1.29 is 28.6 Å². The fraction of sp³-hybridized carbons (Fsp3) is 0.432. The average molecular weight is 699 g/mol. The number of nitriles is 2. The van der Waals surface area contributed by atoms with E-state index in [1.54, 1.807) is 26.0 Å². The molecule has 50 heavy (non-hydrogen) atoms. The quantitative estimate of drug-likeness (QED) is 0.0590. The summed E-state index contributed by atoms with van der Waals surface area (Å²) < 4.78 is 17.6. The van der Waals surface area contributed by atoms with Crippen molar-refractivity contribution in [2.45, 2.75) is 66.6 Å². The van der Waals surface area contributed by atoms with E-state index in [4.69, 9.17) is 19.0 Å². The van der Waals surface area contributed by atoms with Gasteiger partial charge in [0.25, 0.3) is 0 Å². The number of oxime groups is 1. The molecule has 0 spiro atoms. The lowest BCUT2D eigenvalue weighted by Crippen LogP contribution is -2.35. The van der Waals surface area contributed by atoms with Crippen molar-refractivity contribution in [3.05, 3.63) is 75.2 Å². The van der Waals surface area contributed by atoms with Crippen molar-refractivity contribution in [2.75, 3.05) is 37.8 Å². The third kappa shape index (κ3) is 10.5. The maximum atomic E-state index is 13.0. The number of ether oxygens (including phenoxy) is 3. The van der Waals surface area contributed by atoms with E-state index >= 15 is 0 Å². The molecule has 0 aliphatic heterocycles. The highest BCUT2D eigenvalue weighted by molar-refractivity contribution is 7.16. The minimum atomic E-state index is -0.707. The molecule has 1 fully saturated rings. The van der Waals surface area contributed by atoms with Crippen LogP contribution in [-0.2, 0) is 19.0 Å². The summed E-state index contributed by atoms with van der Waals surface area (Å²) in [7, 11) is 0. The fourth-order valence-corrected chi connectivity index (χ4v) is 5.76. The summed E-state index contributed by atoms with van der Waals surface area (Å²) in [5, 5.41) is 31.8. The normalized spacial score (nSPS) is 13.4. The second kappa shape index (κ2) is 18.2. The standard InChI is InChI=1S/C37H42N6O6S/c1-7-43(29-14-15-33(24(4)16-29)40-41-35-32(17-38)26(6)34(18-39)50-35)19-27(22-47-23(2)3)21-46-20-25(5)48-36(44)30-10-8-9-11-31(30)37(45)49-42-28-12-13-28/h8-11,14-16,23,25,27H,7,12-13,19-22H2,1-6H3. The van der Waals surface area contributed by atoms with Gasteiger partial charge in [-0.1, -0.05) is 17.3 Å². The molecule has 2 atom stereocenters. The molecule has 12 nitrogen and oxygen atoms in total. The fourth-order valence-electron chi connectivity index (χ4n) is 4.89. The van der Waals surface area contributed by atoms with Crippen LogP contribution in [0.1, 0.15) is 82.8 Å². The van der Waals surface area contributed by atoms with E-state index in [0.717, 1.165) is 47.7 Å². The van der Waals surface area contributed by atoms with Gasteiger partial charge in [-0.15, -0.1) is 21.6 Å². The van der Waals surface area contributed by atoms with Gasteiger partial charge in [0.2, 0.25) is 0 Å². The van der Waals surface area contributed by atoms with E-state index in [0.29, 0.717) is 46.5 Å². The molecule has 13 heteroatoms. The van der Waals surface area contributed by atoms with Gasteiger partial charge in [0.1, 0.15) is 23.1 Å². The summed E-state index contributed by atoms with van der Waals surface area (Å²) in [4.78, 5) is 33.2. The number of thiophene rings is 1. The molecule has 262 valence electrons. The van der Waals surface area contributed by atoms with E-state index < -0.39 is 18.0 Å². The minimum Gasteiger partial charge on any atom is -0.457 e. The first-order valence-corrected chi connectivity index (χ1v) is 17.3. The first kappa shape index (κ1) is 37.9. The second-order valence-electron chi connectivity index (χ2n) is 12.3. The number of anilines is 1. The Morgan fingerprint density at radius 3 is 2.30 bits per heavy atom. The number of hydrogen-bond acceptors (Lipinski definition) is 13. The smallest absolute Gasteiger partial charge is 0.366 e. The lowest BCUT2D eigenvalue weighted by molar-refractivity contribution is -0.0200. The molecule has 3 aromatic rings. The van der Waals surface area contributed by atoms with Gasteiger partial charge in [-0.3, -0.25) is 0 Å². The number of carbonyl (C=O) groups excluding carboxylic acids is 2. The van der Waals surface area contributed by atoms with Crippen LogP contribution in [0.4, 0.5) is 16.4 Å². The number of hydrogen-bond donors (Lipinski definition) is 0. The molecule has 1 heterocycles. The highest BCUT2D eigenvalue weighted by Gasteiger charge is 2.23. The maximum Gasteiger partial charge on any atom is 0.366 e. The number of carbonyl (C=O) groups is 2. The number of azo groups is 1. The van der Waals surface area contributed by atoms with Crippen LogP contribution in [0.2, 0.25) is 0 Å². The lowest BCUT2D eigenvalue weighted by Gasteiger charge is -2.29. The number of nitrogens with zero attached hydrogens (tertiary/aromatic N) is 6. The Hall–Kier alpha value is -4.95. The number of aryl methyl sites for hydroxylation is 1. The van der Waals surface area contributed by atoms with Gasteiger partial charge in [-0.2, -0.15) is 10.5 Å². The van der Waals surface area contributed by atoms with Gasteiger partial charge in [0.05, 0.1) is 54.0 Å². The molecule has 1 aromatic heterocycles. The number of rotatable bonds is 17. The maximum absolute atomic E-state index is 13.0.